The first-order chi connectivity index (χ1) is 17.3. The molecule has 0 aliphatic carbocycles. The van der Waals surface area contributed by atoms with E-state index in [0.717, 1.165) is 26.1 Å². The quantitative estimate of drug-likeness (QED) is 0.394. The molecule has 0 spiro atoms. The molecule has 1 saturated heterocycles. The number of sulfonamides is 1. The minimum absolute atomic E-state index is 0.0272. The largest absolute Gasteiger partial charge is 0.493 e. The first kappa shape index (κ1) is 25.4. The van der Waals surface area contributed by atoms with Gasteiger partial charge in [0, 0.05) is 6.54 Å². The molecule has 0 saturated carbocycles. The molecule has 2 heterocycles. The highest BCUT2D eigenvalue weighted by molar-refractivity contribution is 7.91. The summed E-state index contributed by atoms with van der Waals surface area (Å²) < 4.78 is 39.0. The lowest BCUT2D eigenvalue weighted by molar-refractivity contribution is -0.122. The molecule has 1 atom stereocenters. The molecule has 1 unspecified atom stereocenters. The first-order valence-electron chi connectivity index (χ1n) is 10.9. The van der Waals surface area contributed by atoms with Crippen LogP contribution in [0.4, 0.5) is 5.69 Å². The van der Waals surface area contributed by atoms with Gasteiger partial charge in [0.25, 0.3) is 15.9 Å². The summed E-state index contributed by atoms with van der Waals surface area (Å²) in [4.78, 5) is 27.3. The number of imide groups is 1. The maximum absolute atomic E-state index is 13.6. The van der Waals surface area contributed by atoms with Gasteiger partial charge in [0.05, 0.1) is 38.0 Å². The smallest absolute Gasteiger partial charge is 0.253 e. The zero-order valence-electron chi connectivity index (χ0n) is 19.6. The summed E-state index contributed by atoms with van der Waals surface area (Å²) in [5.74, 6) is -0.0925. The van der Waals surface area contributed by atoms with E-state index < -0.39 is 27.9 Å². The average Bonchev–Trinajstić information content (AvgIpc) is 3.53. The molecular weight excluding hydrogens is 502 g/mol. The molecule has 2 aromatic carbocycles. The summed E-state index contributed by atoms with van der Waals surface area (Å²) in [5.41, 5.74) is 1.45. The summed E-state index contributed by atoms with van der Waals surface area (Å²) in [6.45, 7) is -0.0272. The first-order valence-corrected chi connectivity index (χ1v) is 13.3. The Morgan fingerprint density at radius 2 is 1.81 bits per heavy atom. The van der Waals surface area contributed by atoms with E-state index in [1.807, 2.05) is 6.07 Å². The van der Waals surface area contributed by atoms with Crippen LogP contribution in [0.3, 0.4) is 0 Å². The SMILES string of the molecule is COc1ccc(CCN(C2CC(=O)N(c3ccc(C#N)cc3)C2=O)S(=O)(=O)c2cccs2)cc1OC. The maximum atomic E-state index is 13.6. The van der Waals surface area contributed by atoms with Crippen molar-refractivity contribution < 1.29 is 27.5 Å². The highest BCUT2D eigenvalue weighted by Crippen LogP contribution is 2.32. The van der Waals surface area contributed by atoms with E-state index in [-0.39, 0.29) is 23.6 Å². The fourth-order valence-electron chi connectivity index (χ4n) is 4.04. The Bertz CT molecular complexity index is 1410. The summed E-state index contributed by atoms with van der Waals surface area (Å²) in [7, 11) is -1.03. The van der Waals surface area contributed by atoms with Gasteiger partial charge in [-0.05, 0) is 59.8 Å². The van der Waals surface area contributed by atoms with Gasteiger partial charge >= 0.3 is 0 Å². The third-order valence-electron chi connectivity index (χ3n) is 5.85. The number of ether oxygens (including phenoxy) is 2. The van der Waals surface area contributed by atoms with Crippen LogP contribution in [0.1, 0.15) is 17.5 Å². The van der Waals surface area contributed by atoms with Crippen molar-refractivity contribution in [1.82, 2.24) is 4.31 Å². The van der Waals surface area contributed by atoms with E-state index in [9.17, 15) is 18.0 Å². The van der Waals surface area contributed by atoms with Crippen LogP contribution in [0, 0.1) is 11.3 Å². The lowest BCUT2D eigenvalue weighted by Crippen LogP contribution is -2.46. The molecule has 0 radical (unpaired) electrons. The van der Waals surface area contributed by atoms with Crippen LogP contribution >= 0.6 is 11.3 Å². The van der Waals surface area contributed by atoms with E-state index in [2.05, 4.69) is 0 Å². The second-order valence-corrected chi connectivity index (χ2v) is 11.0. The number of amides is 2. The molecule has 0 bridgehead atoms. The van der Waals surface area contributed by atoms with E-state index in [4.69, 9.17) is 14.7 Å². The molecule has 1 aliphatic heterocycles. The Morgan fingerprint density at radius 3 is 2.42 bits per heavy atom. The van der Waals surface area contributed by atoms with Crippen LogP contribution in [-0.4, -0.2) is 51.3 Å². The molecule has 11 heteroatoms. The number of nitrogens with zero attached hydrogens (tertiary/aromatic N) is 3. The zero-order valence-corrected chi connectivity index (χ0v) is 21.2. The van der Waals surface area contributed by atoms with Gasteiger partial charge in [-0.1, -0.05) is 12.1 Å². The Balaban J connectivity index is 1.66. The molecular formula is C25H23N3O6S2. The van der Waals surface area contributed by atoms with Gasteiger partial charge < -0.3 is 9.47 Å². The normalized spacial score (nSPS) is 15.8. The van der Waals surface area contributed by atoms with Crippen LogP contribution in [0.5, 0.6) is 11.5 Å². The second kappa shape index (κ2) is 10.5. The van der Waals surface area contributed by atoms with Gasteiger partial charge in [0.1, 0.15) is 10.3 Å². The minimum atomic E-state index is -4.06. The minimum Gasteiger partial charge on any atom is -0.493 e. The molecule has 0 N–H and O–H groups in total. The average molecular weight is 526 g/mol. The monoisotopic (exact) mass is 525 g/mol. The van der Waals surface area contributed by atoms with Gasteiger partial charge in [-0.15, -0.1) is 11.3 Å². The lowest BCUT2D eigenvalue weighted by atomic mass is 10.1. The van der Waals surface area contributed by atoms with Crippen molar-refractivity contribution >= 4 is 38.9 Å². The Morgan fingerprint density at radius 1 is 1.08 bits per heavy atom. The van der Waals surface area contributed by atoms with Gasteiger partial charge in [0.15, 0.2) is 11.5 Å². The van der Waals surface area contributed by atoms with Gasteiger partial charge in [-0.2, -0.15) is 9.57 Å². The molecule has 186 valence electrons. The maximum Gasteiger partial charge on any atom is 0.253 e. The van der Waals surface area contributed by atoms with Crippen LogP contribution in [-0.2, 0) is 26.0 Å². The number of thiophene rings is 1. The van der Waals surface area contributed by atoms with Crippen LogP contribution < -0.4 is 14.4 Å². The van der Waals surface area contributed by atoms with Crippen LogP contribution in [0.2, 0.25) is 0 Å². The Kier molecular flexibility index (Phi) is 7.40. The molecule has 3 aromatic rings. The molecule has 1 fully saturated rings. The van der Waals surface area contributed by atoms with Gasteiger partial charge in [-0.3, -0.25) is 9.59 Å². The summed E-state index contributed by atoms with van der Waals surface area (Å²) in [6.07, 6.45) is -0.00479. The number of rotatable bonds is 9. The van der Waals surface area contributed by atoms with Crippen molar-refractivity contribution in [2.24, 2.45) is 0 Å². The topological polar surface area (TPSA) is 117 Å². The molecule has 2 amide bonds. The van der Waals surface area contributed by atoms with E-state index in [1.165, 1.54) is 44.6 Å². The van der Waals surface area contributed by atoms with Crippen molar-refractivity contribution in [2.75, 3.05) is 25.7 Å². The summed E-state index contributed by atoms with van der Waals surface area (Å²) in [6, 6.07) is 15.2. The van der Waals surface area contributed by atoms with Crippen LogP contribution in [0.15, 0.2) is 64.2 Å². The van der Waals surface area contributed by atoms with Crippen molar-refractivity contribution in [3.05, 3.63) is 71.1 Å². The number of methoxy groups -OCH3 is 2. The lowest BCUT2D eigenvalue weighted by Gasteiger charge is -2.26. The number of nitriles is 1. The van der Waals surface area contributed by atoms with E-state index in [0.29, 0.717) is 22.7 Å². The number of hydrogen-bond donors (Lipinski definition) is 0. The highest BCUT2D eigenvalue weighted by atomic mass is 32.2. The van der Waals surface area contributed by atoms with Crippen LogP contribution in [0.25, 0.3) is 0 Å². The number of hydrogen-bond acceptors (Lipinski definition) is 8. The number of benzene rings is 2. The number of anilines is 1. The Hall–Kier alpha value is -3.72. The number of carbonyl (C=O) groups excluding carboxylic acids is 2. The Labute approximate surface area is 213 Å². The van der Waals surface area contributed by atoms with Gasteiger partial charge in [0.2, 0.25) is 5.91 Å². The predicted molar refractivity (Wildman–Crippen MR) is 134 cm³/mol. The van der Waals surface area contributed by atoms with Crippen molar-refractivity contribution in [2.45, 2.75) is 23.1 Å². The molecule has 36 heavy (non-hydrogen) atoms. The van der Waals surface area contributed by atoms with Crippen molar-refractivity contribution in [1.29, 1.82) is 5.26 Å². The standard InChI is InChI=1S/C25H23N3O6S2/c1-33-21-10-7-17(14-22(21)34-2)11-12-27(36(31,32)24-4-3-13-35-24)20-15-23(29)28(25(20)30)19-8-5-18(16-26)6-9-19/h3-10,13-14,20H,11-12,15H2,1-2H3. The predicted octanol–water partition coefficient (Wildman–Crippen LogP) is 3.20. The fraction of sp³-hybridized carbons (Fsp3) is 0.240. The highest BCUT2D eigenvalue weighted by Gasteiger charge is 2.47. The van der Waals surface area contributed by atoms with E-state index in [1.54, 1.807) is 29.6 Å². The van der Waals surface area contributed by atoms with Crippen molar-refractivity contribution in [3.63, 3.8) is 0 Å². The fourth-order valence-corrected chi connectivity index (χ4v) is 6.74. The second-order valence-electron chi connectivity index (χ2n) is 7.93. The van der Waals surface area contributed by atoms with E-state index >= 15 is 0 Å². The third-order valence-corrected chi connectivity index (χ3v) is 9.13. The van der Waals surface area contributed by atoms with Crippen molar-refractivity contribution in [3.8, 4) is 17.6 Å². The zero-order chi connectivity index (χ0) is 25.9. The molecule has 4 rings (SSSR count). The number of carbonyl (C=O) groups is 2. The molecule has 1 aliphatic rings. The summed E-state index contributed by atoms with van der Waals surface area (Å²) in [5, 5.41) is 10.7. The summed E-state index contributed by atoms with van der Waals surface area (Å²) >= 11 is 1.05. The molecule has 1 aromatic heterocycles. The molecule has 9 nitrogen and oxygen atoms in total. The van der Waals surface area contributed by atoms with Gasteiger partial charge in [-0.25, -0.2) is 13.3 Å². The third kappa shape index (κ3) is 4.83.